The van der Waals surface area contributed by atoms with Gasteiger partial charge in [0.1, 0.15) is 11.2 Å². The summed E-state index contributed by atoms with van der Waals surface area (Å²) in [5.74, 6) is -3.89. The number of benzene rings is 1. The highest BCUT2D eigenvalue weighted by molar-refractivity contribution is 5.44. The van der Waals surface area contributed by atoms with E-state index in [0.29, 0.717) is 0 Å². The van der Waals surface area contributed by atoms with Gasteiger partial charge in [-0.1, -0.05) is 11.8 Å². The summed E-state index contributed by atoms with van der Waals surface area (Å²) in [4.78, 5) is 0. The van der Waals surface area contributed by atoms with Gasteiger partial charge < -0.3 is 9.84 Å². The molecule has 0 fully saturated rings. The van der Waals surface area contributed by atoms with Crippen molar-refractivity contribution in [2.45, 2.75) is 19.4 Å². The van der Waals surface area contributed by atoms with Crippen molar-refractivity contribution in [3.05, 3.63) is 28.8 Å². The topological polar surface area (TPSA) is 29.5 Å². The largest absolute Gasteiger partial charge is 0.491 e. The van der Waals surface area contributed by atoms with E-state index in [0.717, 1.165) is 7.11 Å². The number of aliphatic hydroxyl groups is 1. The molecular formula is C12H10F4O2. The number of hydrogen-bond donors (Lipinski definition) is 1. The average molecular weight is 262 g/mol. The molecule has 0 atom stereocenters. The molecule has 2 nitrogen and oxygen atoms in total. The monoisotopic (exact) mass is 262 g/mol. The van der Waals surface area contributed by atoms with E-state index >= 15 is 0 Å². The smallest absolute Gasteiger partial charge is 0.205 e. The standard InChI is InChI=1S/C12H10F4O2/c1-12(2,17)5-4-6-7(13)9(15)11(18-3)10(16)8(6)14/h17H,1-3H3. The lowest BCUT2D eigenvalue weighted by atomic mass is 10.1. The maximum Gasteiger partial charge on any atom is 0.205 e. The maximum atomic E-state index is 13.4. The number of methoxy groups -OCH3 is 1. The Morgan fingerprint density at radius 2 is 1.44 bits per heavy atom. The van der Waals surface area contributed by atoms with Gasteiger partial charge in [0.15, 0.2) is 17.4 Å². The summed E-state index contributed by atoms with van der Waals surface area (Å²) in [7, 11) is 0.878. The lowest BCUT2D eigenvalue weighted by Crippen LogP contribution is -2.15. The van der Waals surface area contributed by atoms with E-state index < -0.39 is 40.2 Å². The number of hydrogen-bond acceptors (Lipinski definition) is 2. The molecule has 0 aliphatic carbocycles. The molecule has 0 aliphatic rings. The van der Waals surface area contributed by atoms with Gasteiger partial charge in [0, 0.05) is 0 Å². The zero-order valence-corrected chi connectivity index (χ0v) is 9.87. The molecule has 1 N–H and O–H groups in total. The van der Waals surface area contributed by atoms with Crippen LogP contribution in [0.2, 0.25) is 0 Å². The summed E-state index contributed by atoms with van der Waals surface area (Å²) in [6.07, 6.45) is 0. The van der Waals surface area contributed by atoms with Gasteiger partial charge in [-0.3, -0.25) is 0 Å². The Morgan fingerprint density at radius 3 is 1.78 bits per heavy atom. The molecule has 0 unspecified atom stereocenters. The van der Waals surface area contributed by atoms with Crippen LogP contribution in [0.25, 0.3) is 0 Å². The quantitative estimate of drug-likeness (QED) is 0.478. The second kappa shape index (κ2) is 4.86. The Bertz CT molecular complexity index is 507. The van der Waals surface area contributed by atoms with Crippen LogP contribution in [0.1, 0.15) is 19.4 Å². The minimum atomic E-state index is -1.67. The highest BCUT2D eigenvalue weighted by Crippen LogP contribution is 2.29. The lowest BCUT2D eigenvalue weighted by molar-refractivity contribution is 0.143. The van der Waals surface area contributed by atoms with Crippen LogP contribution in [0.15, 0.2) is 0 Å². The normalized spacial score (nSPS) is 10.9. The minimum Gasteiger partial charge on any atom is -0.491 e. The molecule has 0 aromatic heterocycles. The van der Waals surface area contributed by atoms with Crippen molar-refractivity contribution < 1.29 is 27.4 Å². The Morgan fingerprint density at radius 1 is 1.00 bits per heavy atom. The SMILES string of the molecule is COc1c(F)c(F)c(C#CC(C)(C)O)c(F)c1F. The third-order valence-electron chi connectivity index (χ3n) is 1.92. The first-order valence-electron chi connectivity index (χ1n) is 4.84. The highest BCUT2D eigenvalue weighted by atomic mass is 19.2. The van der Waals surface area contributed by atoms with Crippen molar-refractivity contribution in [1.82, 2.24) is 0 Å². The van der Waals surface area contributed by atoms with Gasteiger partial charge in [0.25, 0.3) is 0 Å². The summed E-state index contributed by atoms with van der Waals surface area (Å²) < 4.78 is 57.6. The van der Waals surface area contributed by atoms with E-state index in [9.17, 15) is 22.7 Å². The van der Waals surface area contributed by atoms with Crippen LogP contribution in [0, 0.1) is 35.1 Å². The zero-order chi connectivity index (χ0) is 14.1. The van der Waals surface area contributed by atoms with Gasteiger partial charge in [0.2, 0.25) is 11.6 Å². The average Bonchev–Trinajstić information content (AvgIpc) is 2.26. The van der Waals surface area contributed by atoms with Crippen molar-refractivity contribution in [2.75, 3.05) is 7.11 Å². The van der Waals surface area contributed by atoms with Gasteiger partial charge >= 0.3 is 0 Å². The van der Waals surface area contributed by atoms with E-state index in [1.807, 2.05) is 5.92 Å². The highest BCUT2D eigenvalue weighted by Gasteiger charge is 2.25. The van der Waals surface area contributed by atoms with Gasteiger partial charge in [-0.15, -0.1) is 0 Å². The predicted octanol–water partition coefficient (Wildman–Crippen LogP) is 2.37. The Labute approximate surface area is 101 Å². The molecular weight excluding hydrogens is 252 g/mol. The zero-order valence-electron chi connectivity index (χ0n) is 9.87. The van der Waals surface area contributed by atoms with Crippen LogP contribution < -0.4 is 4.74 Å². The third-order valence-corrected chi connectivity index (χ3v) is 1.92. The molecule has 18 heavy (non-hydrogen) atoms. The van der Waals surface area contributed by atoms with Crippen LogP contribution in [0.4, 0.5) is 17.6 Å². The van der Waals surface area contributed by atoms with E-state index in [1.54, 1.807) is 0 Å². The summed E-state index contributed by atoms with van der Waals surface area (Å²) >= 11 is 0. The Kier molecular flexibility index (Phi) is 3.87. The predicted molar refractivity (Wildman–Crippen MR) is 56.0 cm³/mol. The molecule has 0 aliphatic heterocycles. The van der Waals surface area contributed by atoms with Crippen LogP contribution >= 0.6 is 0 Å². The summed E-state index contributed by atoms with van der Waals surface area (Å²) in [5.41, 5.74) is -2.64. The van der Waals surface area contributed by atoms with E-state index in [-0.39, 0.29) is 0 Å². The maximum absolute atomic E-state index is 13.4. The van der Waals surface area contributed by atoms with E-state index in [4.69, 9.17) is 0 Å². The molecule has 6 heteroatoms. The molecule has 1 aromatic rings. The molecule has 0 heterocycles. The number of rotatable bonds is 1. The second-order valence-corrected chi connectivity index (χ2v) is 3.97. The fraction of sp³-hybridized carbons (Fsp3) is 0.333. The first-order chi connectivity index (χ1) is 8.19. The first kappa shape index (κ1) is 14.3. The van der Waals surface area contributed by atoms with Gasteiger partial charge in [0.05, 0.1) is 7.11 Å². The van der Waals surface area contributed by atoms with Crippen molar-refractivity contribution in [3.63, 3.8) is 0 Å². The van der Waals surface area contributed by atoms with Crippen molar-refractivity contribution in [2.24, 2.45) is 0 Å². The van der Waals surface area contributed by atoms with Crippen molar-refractivity contribution in [3.8, 4) is 17.6 Å². The van der Waals surface area contributed by atoms with Crippen molar-refractivity contribution in [1.29, 1.82) is 0 Å². The number of halogens is 4. The molecule has 0 bridgehead atoms. The van der Waals surface area contributed by atoms with Gasteiger partial charge in [-0.05, 0) is 13.8 Å². The first-order valence-corrected chi connectivity index (χ1v) is 4.84. The van der Waals surface area contributed by atoms with Gasteiger partial charge in [-0.25, -0.2) is 8.78 Å². The van der Waals surface area contributed by atoms with E-state index in [1.165, 1.54) is 13.8 Å². The summed E-state index contributed by atoms with van der Waals surface area (Å²) in [5, 5.41) is 9.27. The second-order valence-electron chi connectivity index (χ2n) is 3.97. The molecule has 0 radical (unpaired) electrons. The summed E-state index contributed by atoms with van der Waals surface area (Å²) in [6.45, 7) is 2.51. The molecule has 0 amide bonds. The third kappa shape index (κ3) is 2.74. The number of ether oxygens (including phenoxy) is 1. The summed E-state index contributed by atoms with van der Waals surface area (Å²) in [6, 6.07) is 0. The lowest BCUT2D eigenvalue weighted by Gasteiger charge is -2.09. The van der Waals surface area contributed by atoms with Crippen LogP contribution in [-0.2, 0) is 0 Å². The molecule has 1 aromatic carbocycles. The Balaban J connectivity index is 3.51. The molecule has 0 saturated heterocycles. The fourth-order valence-corrected chi connectivity index (χ4v) is 1.12. The van der Waals surface area contributed by atoms with E-state index in [2.05, 4.69) is 10.7 Å². The Hall–Kier alpha value is -1.74. The molecule has 0 saturated carbocycles. The molecule has 0 spiro atoms. The van der Waals surface area contributed by atoms with Crippen LogP contribution in [0.3, 0.4) is 0 Å². The molecule has 1 rings (SSSR count). The van der Waals surface area contributed by atoms with Crippen LogP contribution in [0.5, 0.6) is 5.75 Å². The minimum absolute atomic E-state index is 0.878. The van der Waals surface area contributed by atoms with Crippen molar-refractivity contribution >= 4 is 0 Å². The molecule has 98 valence electrons. The fourth-order valence-electron chi connectivity index (χ4n) is 1.12. The van der Waals surface area contributed by atoms with Crippen LogP contribution in [-0.4, -0.2) is 17.8 Å². The van der Waals surface area contributed by atoms with Gasteiger partial charge in [-0.2, -0.15) is 8.78 Å².